The second-order valence-electron chi connectivity index (χ2n) is 4.46. The highest BCUT2D eigenvalue weighted by Gasteiger charge is 2.32. The van der Waals surface area contributed by atoms with Gasteiger partial charge in [-0.25, -0.2) is 0 Å². The van der Waals surface area contributed by atoms with Gasteiger partial charge in [-0.05, 0) is 30.5 Å². The van der Waals surface area contributed by atoms with Crippen LogP contribution in [-0.2, 0) is 11.2 Å². The number of phenols is 1. The number of nitrogens with two attached hydrogens (primary N) is 1. The van der Waals surface area contributed by atoms with Gasteiger partial charge in [-0.2, -0.15) is 0 Å². The molecule has 0 aliphatic rings. The number of carbonyl (C=O) groups is 1. The molecule has 0 bridgehead atoms. The molecule has 1 aromatic carbocycles. The minimum absolute atomic E-state index is 0.163. The van der Waals surface area contributed by atoms with Crippen molar-refractivity contribution in [1.29, 1.82) is 0 Å². The van der Waals surface area contributed by atoms with Gasteiger partial charge in [0.25, 0.3) is 0 Å². The molecular formula is C14H21NO2. The van der Waals surface area contributed by atoms with Crippen LogP contribution in [0.2, 0.25) is 0 Å². The van der Waals surface area contributed by atoms with Crippen molar-refractivity contribution < 1.29 is 9.90 Å². The van der Waals surface area contributed by atoms with E-state index in [2.05, 4.69) is 0 Å². The molecule has 0 amide bonds. The number of rotatable bonds is 6. The number of Topliss-reactive ketones (excluding diaryl/α,β-unsaturated/α-hetero) is 1. The normalized spacial score (nSPS) is 11.5. The van der Waals surface area contributed by atoms with Crippen molar-refractivity contribution >= 4 is 5.78 Å². The molecule has 0 saturated heterocycles. The fourth-order valence-electron chi connectivity index (χ4n) is 2.09. The van der Waals surface area contributed by atoms with Crippen LogP contribution < -0.4 is 5.73 Å². The fourth-order valence-corrected chi connectivity index (χ4v) is 2.09. The largest absolute Gasteiger partial charge is 0.508 e. The van der Waals surface area contributed by atoms with E-state index < -0.39 is 5.41 Å². The summed E-state index contributed by atoms with van der Waals surface area (Å²) in [5.74, 6) is 0.359. The maximum absolute atomic E-state index is 12.3. The second-order valence-corrected chi connectivity index (χ2v) is 4.46. The lowest BCUT2D eigenvalue weighted by atomic mass is 9.76. The Morgan fingerprint density at radius 3 is 2.47 bits per heavy atom. The van der Waals surface area contributed by atoms with Gasteiger partial charge in [0.1, 0.15) is 11.5 Å². The summed E-state index contributed by atoms with van der Waals surface area (Å²) >= 11 is 0. The third kappa shape index (κ3) is 3.07. The van der Waals surface area contributed by atoms with Gasteiger partial charge in [0.2, 0.25) is 0 Å². The van der Waals surface area contributed by atoms with Crippen LogP contribution in [0, 0.1) is 5.41 Å². The van der Waals surface area contributed by atoms with Crippen molar-refractivity contribution in [3.8, 4) is 5.75 Å². The maximum Gasteiger partial charge on any atom is 0.144 e. The summed E-state index contributed by atoms with van der Waals surface area (Å²) in [4.78, 5) is 12.3. The van der Waals surface area contributed by atoms with Gasteiger partial charge in [-0.3, -0.25) is 4.79 Å². The highest BCUT2D eigenvalue weighted by atomic mass is 16.3. The Kier molecular flexibility index (Phi) is 4.70. The molecule has 0 heterocycles. The first kappa shape index (κ1) is 13.7. The van der Waals surface area contributed by atoms with Gasteiger partial charge in [-0.15, -0.1) is 0 Å². The van der Waals surface area contributed by atoms with E-state index in [4.69, 9.17) is 5.73 Å². The Hall–Kier alpha value is -1.35. The zero-order valence-corrected chi connectivity index (χ0v) is 10.6. The molecule has 0 atom stereocenters. The quantitative estimate of drug-likeness (QED) is 0.795. The van der Waals surface area contributed by atoms with Crippen molar-refractivity contribution in [2.75, 3.05) is 6.54 Å². The van der Waals surface area contributed by atoms with Crippen LogP contribution in [0.3, 0.4) is 0 Å². The highest BCUT2D eigenvalue weighted by molar-refractivity contribution is 5.87. The van der Waals surface area contributed by atoms with Gasteiger partial charge in [0.05, 0.1) is 0 Å². The number of hydrogen-bond acceptors (Lipinski definition) is 3. The Morgan fingerprint density at radius 1 is 1.35 bits per heavy atom. The number of benzene rings is 1. The molecular weight excluding hydrogens is 214 g/mol. The average molecular weight is 235 g/mol. The summed E-state index contributed by atoms with van der Waals surface area (Å²) < 4.78 is 0. The van der Waals surface area contributed by atoms with E-state index in [1.165, 1.54) is 0 Å². The lowest BCUT2D eigenvalue weighted by molar-refractivity contribution is -0.128. The van der Waals surface area contributed by atoms with E-state index in [1.807, 2.05) is 19.9 Å². The van der Waals surface area contributed by atoms with E-state index in [-0.39, 0.29) is 11.5 Å². The molecule has 0 unspecified atom stereocenters. The topological polar surface area (TPSA) is 63.3 Å². The first-order valence-corrected chi connectivity index (χ1v) is 6.09. The highest BCUT2D eigenvalue weighted by Crippen LogP contribution is 2.28. The first-order chi connectivity index (χ1) is 8.07. The smallest absolute Gasteiger partial charge is 0.144 e. The molecule has 3 nitrogen and oxygen atoms in total. The predicted octanol–water partition coefficient (Wildman–Crippen LogP) is 2.27. The number of phenolic OH excluding ortho intramolecular Hbond substituents is 1. The zero-order chi connectivity index (χ0) is 12.9. The van der Waals surface area contributed by atoms with Gasteiger partial charge < -0.3 is 10.8 Å². The molecule has 1 aromatic rings. The average Bonchev–Trinajstić information content (AvgIpc) is 2.32. The van der Waals surface area contributed by atoms with Crippen molar-refractivity contribution in [1.82, 2.24) is 0 Å². The molecule has 17 heavy (non-hydrogen) atoms. The number of hydrogen-bond donors (Lipinski definition) is 2. The molecule has 0 aromatic heterocycles. The molecule has 3 heteroatoms. The maximum atomic E-state index is 12.3. The summed E-state index contributed by atoms with van der Waals surface area (Å²) in [7, 11) is 0. The van der Waals surface area contributed by atoms with Crippen LogP contribution >= 0.6 is 0 Å². The summed E-state index contributed by atoms with van der Waals surface area (Å²) in [6.45, 7) is 4.38. The van der Waals surface area contributed by atoms with Crippen molar-refractivity contribution in [3.63, 3.8) is 0 Å². The van der Waals surface area contributed by atoms with Gasteiger partial charge in [-0.1, -0.05) is 26.0 Å². The monoisotopic (exact) mass is 235 g/mol. The molecule has 0 saturated carbocycles. The zero-order valence-electron chi connectivity index (χ0n) is 10.6. The predicted molar refractivity (Wildman–Crippen MR) is 68.9 cm³/mol. The van der Waals surface area contributed by atoms with Gasteiger partial charge in [0.15, 0.2) is 0 Å². The second kappa shape index (κ2) is 5.82. The van der Waals surface area contributed by atoms with Crippen molar-refractivity contribution in [2.24, 2.45) is 11.1 Å². The standard InChI is InChI=1S/C14H21NO2/c1-3-14(4-2,10-15)13(17)9-11-6-5-7-12(16)8-11/h5-8,16H,3-4,9-10,15H2,1-2H3. The van der Waals surface area contributed by atoms with Gasteiger partial charge >= 0.3 is 0 Å². The number of aromatic hydroxyl groups is 1. The summed E-state index contributed by atoms with van der Waals surface area (Å²) in [5.41, 5.74) is 6.17. The van der Waals surface area contributed by atoms with Gasteiger partial charge in [0, 0.05) is 18.4 Å². The molecule has 3 N–H and O–H groups in total. The van der Waals surface area contributed by atoms with Crippen LogP contribution in [0.1, 0.15) is 32.3 Å². The van der Waals surface area contributed by atoms with Crippen LogP contribution in [-0.4, -0.2) is 17.4 Å². The molecule has 0 spiro atoms. The number of carbonyl (C=O) groups excluding carboxylic acids is 1. The molecule has 1 rings (SSSR count). The fraction of sp³-hybridized carbons (Fsp3) is 0.500. The summed E-state index contributed by atoms with van der Waals surface area (Å²) in [6, 6.07) is 6.83. The summed E-state index contributed by atoms with van der Waals surface area (Å²) in [6.07, 6.45) is 1.86. The third-order valence-electron chi connectivity index (χ3n) is 3.61. The van der Waals surface area contributed by atoms with E-state index in [0.717, 1.165) is 18.4 Å². The minimum Gasteiger partial charge on any atom is -0.508 e. The molecule has 94 valence electrons. The molecule has 0 aliphatic carbocycles. The van der Waals surface area contributed by atoms with Crippen molar-refractivity contribution in [3.05, 3.63) is 29.8 Å². The van der Waals surface area contributed by atoms with Crippen LogP contribution in [0.4, 0.5) is 0 Å². The van der Waals surface area contributed by atoms with E-state index in [0.29, 0.717) is 13.0 Å². The first-order valence-electron chi connectivity index (χ1n) is 6.09. The lowest BCUT2D eigenvalue weighted by Crippen LogP contribution is -2.38. The Bertz CT molecular complexity index is 375. The minimum atomic E-state index is -0.411. The molecule has 0 radical (unpaired) electrons. The van der Waals surface area contributed by atoms with Crippen LogP contribution in [0.5, 0.6) is 5.75 Å². The number of ketones is 1. The van der Waals surface area contributed by atoms with Crippen molar-refractivity contribution in [2.45, 2.75) is 33.1 Å². The Balaban J connectivity index is 2.84. The molecule has 0 aliphatic heterocycles. The van der Waals surface area contributed by atoms with E-state index in [1.54, 1.807) is 18.2 Å². The third-order valence-corrected chi connectivity index (χ3v) is 3.61. The lowest BCUT2D eigenvalue weighted by Gasteiger charge is -2.28. The van der Waals surface area contributed by atoms with E-state index >= 15 is 0 Å². The van der Waals surface area contributed by atoms with Crippen LogP contribution in [0.25, 0.3) is 0 Å². The molecule has 0 fully saturated rings. The van der Waals surface area contributed by atoms with Crippen LogP contribution in [0.15, 0.2) is 24.3 Å². The van der Waals surface area contributed by atoms with E-state index in [9.17, 15) is 9.90 Å². The SMILES string of the molecule is CCC(CC)(CN)C(=O)Cc1cccc(O)c1. The Morgan fingerprint density at radius 2 is 2.00 bits per heavy atom. The Labute approximate surface area is 103 Å². The summed E-state index contributed by atoms with van der Waals surface area (Å²) in [5, 5.41) is 9.36.